The van der Waals surface area contributed by atoms with Crippen LogP contribution in [-0.2, 0) is 0 Å². The van der Waals surface area contributed by atoms with Crippen LogP contribution in [0.2, 0.25) is 0 Å². The van der Waals surface area contributed by atoms with Gasteiger partial charge in [-0.3, -0.25) is 0 Å². The molecule has 1 N–H and O–H groups in total. The number of hydrogen-bond acceptors (Lipinski definition) is 1. The predicted molar refractivity (Wildman–Crippen MR) is 33.7 cm³/mol. The molecule has 0 aliphatic heterocycles. The number of aliphatic hydroxyl groups excluding tert-OH is 1. The molecule has 1 aliphatic rings. The van der Waals surface area contributed by atoms with Gasteiger partial charge in [0.1, 0.15) is 0 Å². The number of hydrogen-bond donors (Lipinski definition) is 1. The highest BCUT2D eigenvalue weighted by molar-refractivity contribution is 6.29. The molecule has 0 amide bonds. The average Bonchev–Trinajstić information content (AvgIpc) is 2.14. The van der Waals surface area contributed by atoms with E-state index < -0.39 is 0 Å². The minimum atomic E-state index is 0.271. The van der Waals surface area contributed by atoms with Crippen LogP contribution in [0.25, 0.3) is 0 Å². The van der Waals surface area contributed by atoms with Crippen molar-refractivity contribution >= 4 is 11.6 Å². The molecule has 0 spiro atoms. The van der Waals surface area contributed by atoms with E-state index in [1.807, 2.05) is 6.08 Å². The van der Waals surface area contributed by atoms with Gasteiger partial charge in [0, 0.05) is 11.6 Å². The van der Waals surface area contributed by atoms with E-state index >= 15 is 0 Å². The summed E-state index contributed by atoms with van der Waals surface area (Å²) in [7, 11) is 0. The van der Waals surface area contributed by atoms with Crippen LogP contribution in [0.4, 0.5) is 0 Å². The first-order chi connectivity index (χ1) is 3.83. The molecule has 0 aromatic heterocycles. The van der Waals surface area contributed by atoms with Crippen molar-refractivity contribution in [1.29, 1.82) is 0 Å². The minimum Gasteiger partial charge on any atom is -0.396 e. The number of halogens is 1. The lowest BCUT2D eigenvalue weighted by Gasteiger charge is -2.00. The Hall–Kier alpha value is -0.0100. The third-order valence-corrected chi connectivity index (χ3v) is 1.72. The molecule has 1 rings (SSSR count). The number of allylic oxidation sites excluding steroid dienone is 2. The summed E-state index contributed by atoms with van der Waals surface area (Å²) in [6, 6.07) is 0. The van der Waals surface area contributed by atoms with Crippen molar-refractivity contribution < 1.29 is 5.11 Å². The van der Waals surface area contributed by atoms with E-state index in [0.717, 1.165) is 17.9 Å². The largest absolute Gasteiger partial charge is 0.396 e. The third kappa shape index (κ3) is 1.23. The fraction of sp³-hybridized carbons (Fsp3) is 0.667. The zero-order chi connectivity index (χ0) is 5.98. The lowest BCUT2D eigenvalue weighted by Crippen LogP contribution is -1.98. The molecule has 0 bridgehead atoms. The zero-order valence-corrected chi connectivity index (χ0v) is 5.36. The van der Waals surface area contributed by atoms with Crippen LogP contribution in [0, 0.1) is 5.92 Å². The monoisotopic (exact) mass is 132 g/mol. The molecule has 1 nitrogen and oxygen atoms in total. The Morgan fingerprint density at radius 1 is 1.88 bits per heavy atom. The van der Waals surface area contributed by atoms with Gasteiger partial charge in [-0.15, -0.1) is 0 Å². The molecule has 0 unspecified atom stereocenters. The van der Waals surface area contributed by atoms with Crippen molar-refractivity contribution in [3.63, 3.8) is 0 Å². The molecule has 1 aliphatic carbocycles. The van der Waals surface area contributed by atoms with Gasteiger partial charge < -0.3 is 5.11 Å². The maximum atomic E-state index is 8.59. The molecule has 8 heavy (non-hydrogen) atoms. The summed E-state index contributed by atoms with van der Waals surface area (Å²) in [4.78, 5) is 0. The van der Waals surface area contributed by atoms with Gasteiger partial charge >= 0.3 is 0 Å². The Bertz CT molecular complexity index is 109. The van der Waals surface area contributed by atoms with Gasteiger partial charge in [0.25, 0.3) is 0 Å². The van der Waals surface area contributed by atoms with Crippen molar-refractivity contribution in [2.24, 2.45) is 5.92 Å². The van der Waals surface area contributed by atoms with E-state index in [4.69, 9.17) is 16.7 Å². The van der Waals surface area contributed by atoms with Crippen LogP contribution in [0.3, 0.4) is 0 Å². The second-order valence-corrected chi connectivity index (χ2v) is 2.62. The Morgan fingerprint density at radius 3 is 2.88 bits per heavy atom. The summed E-state index contributed by atoms with van der Waals surface area (Å²) < 4.78 is 0. The second-order valence-electron chi connectivity index (χ2n) is 2.14. The predicted octanol–water partition coefficient (Wildman–Crippen LogP) is 1.51. The lowest BCUT2D eigenvalue weighted by atomic mass is 10.1. The third-order valence-electron chi connectivity index (χ3n) is 1.41. The summed E-state index contributed by atoms with van der Waals surface area (Å²) in [6.45, 7) is 0.271. The summed E-state index contributed by atoms with van der Waals surface area (Å²) in [5.74, 6) is 0.405. The highest BCUT2D eigenvalue weighted by Gasteiger charge is 2.13. The molecule has 0 saturated carbocycles. The normalized spacial score (nSPS) is 28.2. The van der Waals surface area contributed by atoms with Crippen molar-refractivity contribution in [3.8, 4) is 0 Å². The van der Waals surface area contributed by atoms with Gasteiger partial charge in [-0.05, 0) is 18.8 Å². The van der Waals surface area contributed by atoms with Gasteiger partial charge in [0.05, 0.1) is 0 Å². The number of aliphatic hydroxyl groups is 1. The van der Waals surface area contributed by atoms with Crippen LogP contribution in [0.15, 0.2) is 11.1 Å². The van der Waals surface area contributed by atoms with Gasteiger partial charge in [-0.1, -0.05) is 17.7 Å². The topological polar surface area (TPSA) is 20.2 Å². The Labute approximate surface area is 54.0 Å². The number of rotatable bonds is 1. The molecule has 0 radical (unpaired) electrons. The van der Waals surface area contributed by atoms with Gasteiger partial charge in [0.2, 0.25) is 0 Å². The summed E-state index contributed by atoms with van der Waals surface area (Å²) in [6.07, 6.45) is 3.80. The van der Waals surface area contributed by atoms with E-state index in [9.17, 15) is 0 Å². The molecule has 1 atom stereocenters. The molecule has 0 fully saturated rings. The Kier molecular flexibility index (Phi) is 1.92. The van der Waals surface area contributed by atoms with E-state index in [-0.39, 0.29) is 6.61 Å². The van der Waals surface area contributed by atoms with Gasteiger partial charge in [-0.2, -0.15) is 0 Å². The van der Waals surface area contributed by atoms with Crippen molar-refractivity contribution in [2.45, 2.75) is 12.8 Å². The van der Waals surface area contributed by atoms with Crippen molar-refractivity contribution in [1.82, 2.24) is 0 Å². The average molecular weight is 133 g/mol. The van der Waals surface area contributed by atoms with Crippen molar-refractivity contribution in [2.75, 3.05) is 6.61 Å². The first-order valence-electron chi connectivity index (χ1n) is 2.78. The first-order valence-corrected chi connectivity index (χ1v) is 3.16. The summed E-state index contributed by atoms with van der Waals surface area (Å²) in [5.41, 5.74) is 0. The van der Waals surface area contributed by atoms with E-state index in [1.165, 1.54) is 0 Å². The van der Waals surface area contributed by atoms with E-state index in [2.05, 4.69) is 0 Å². The van der Waals surface area contributed by atoms with Gasteiger partial charge in [-0.25, -0.2) is 0 Å². The van der Waals surface area contributed by atoms with E-state index in [1.54, 1.807) is 0 Å². The minimum absolute atomic E-state index is 0.271. The van der Waals surface area contributed by atoms with E-state index in [0.29, 0.717) is 5.92 Å². The molecule has 2 heteroatoms. The zero-order valence-electron chi connectivity index (χ0n) is 4.60. The highest BCUT2D eigenvalue weighted by Crippen LogP contribution is 2.26. The molecule has 0 heterocycles. The molecule has 0 saturated heterocycles. The summed E-state index contributed by atoms with van der Waals surface area (Å²) >= 11 is 5.64. The van der Waals surface area contributed by atoms with Crippen LogP contribution in [-0.4, -0.2) is 11.7 Å². The highest BCUT2D eigenvalue weighted by atomic mass is 35.5. The molecule has 0 aromatic carbocycles. The molecular weight excluding hydrogens is 124 g/mol. The molecule has 46 valence electrons. The lowest BCUT2D eigenvalue weighted by molar-refractivity contribution is 0.233. The molecule has 0 aromatic rings. The van der Waals surface area contributed by atoms with Crippen LogP contribution < -0.4 is 0 Å². The first kappa shape index (κ1) is 6.12. The van der Waals surface area contributed by atoms with Crippen LogP contribution in [0.1, 0.15) is 12.8 Å². The van der Waals surface area contributed by atoms with Crippen LogP contribution >= 0.6 is 11.6 Å². The molecular formula is C6H9ClO. The van der Waals surface area contributed by atoms with Crippen LogP contribution in [0.5, 0.6) is 0 Å². The quantitative estimate of drug-likeness (QED) is 0.574. The standard InChI is InChI=1S/C6H9ClO/c7-6-2-1-5(3-6)4-8/h2,5,8H,1,3-4H2/t5-/m1/s1. The van der Waals surface area contributed by atoms with Crippen molar-refractivity contribution in [3.05, 3.63) is 11.1 Å². The second kappa shape index (κ2) is 2.51. The Morgan fingerprint density at radius 2 is 2.62 bits per heavy atom. The maximum absolute atomic E-state index is 8.59. The Balaban J connectivity index is 2.32. The fourth-order valence-electron chi connectivity index (χ4n) is 0.876. The van der Waals surface area contributed by atoms with Gasteiger partial charge in [0.15, 0.2) is 0 Å². The SMILES string of the molecule is OC[C@@H]1CC=C(Cl)C1. The fourth-order valence-corrected chi connectivity index (χ4v) is 1.18. The maximum Gasteiger partial charge on any atom is 0.0465 e. The summed E-state index contributed by atoms with van der Waals surface area (Å²) in [5, 5.41) is 9.50. The smallest absolute Gasteiger partial charge is 0.0465 e.